The van der Waals surface area contributed by atoms with Gasteiger partial charge in [-0.1, -0.05) is 37.3 Å². The molecule has 0 radical (unpaired) electrons. The molecule has 19 heavy (non-hydrogen) atoms. The molecule has 0 aliphatic carbocycles. The van der Waals surface area contributed by atoms with Crippen molar-refractivity contribution in [2.45, 2.75) is 38.8 Å². The molecule has 0 bridgehead atoms. The van der Waals surface area contributed by atoms with Gasteiger partial charge in [-0.15, -0.1) is 0 Å². The maximum absolute atomic E-state index is 5.89. The van der Waals surface area contributed by atoms with E-state index in [1.165, 1.54) is 19.3 Å². The minimum Gasteiger partial charge on any atom is -0.319 e. The molecular formula is C16H23NO2. The monoisotopic (exact) mass is 261 g/mol. The van der Waals surface area contributed by atoms with Crippen molar-refractivity contribution in [1.82, 2.24) is 5.32 Å². The third kappa shape index (κ3) is 3.16. The Morgan fingerprint density at radius 1 is 1.16 bits per heavy atom. The van der Waals surface area contributed by atoms with Crippen molar-refractivity contribution in [1.29, 1.82) is 0 Å². The number of rotatable bonds is 4. The average molecular weight is 261 g/mol. The van der Waals surface area contributed by atoms with Gasteiger partial charge < -0.3 is 14.8 Å². The zero-order valence-corrected chi connectivity index (χ0v) is 11.5. The summed E-state index contributed by atoms with van der Waals surface area (Å²) in [6.07, 6.45) is 3.63. The van der Waals surface area contributed by atoms with Gasteiger partial charge in [0.15, 0.2) is 12.6 Å². The highest BCUT2D eigenvalue weighted by molar-refractivity contribution is 5.16. The third-order valence-electron chi connectivity index (χ3n) is 4.22. The summed E-state index contributed by atoms with van der Waals surface area (Å²) in [6, 6.07) is 10.2. The second kappa shape index (κ2) is 6.04. The molecule has 2 saturated heterocycles. The maximum atomic E-state index is 5.89. The fraction of sp³-hybridized carbons (Fsp3) is 0.625. The molecule has 3 heteroatoms. The largest absolute Gasteiger partial charge is 0.319 e. The van der Waals surface area contributed by atoms with E-state index >= 15 is 0 Å². The van der Waals surface area contributed by atoms with Gasteiger partial charge in [0.1, 0.15) is 0 Å². The summed E-state index contributed by atoms with van der Waals surface area (Å²) in [7, 11) is 0. The summed E-state index contributed by atoms with van der Waals surface area (Å²) in [5.41, 5.74) is 1.12. The summed E-state index contributed by atoms with van der Waals surface area (Å²) >= 11 is 0. The Morgan fingerprint density at radius 3 is 2.53 bits per heavy atom. The van der Waals surface area contributed by atoms with E-state index in [0.717, 1.165) is 24.6 Å². The Morgan fingerprint density at radius 2 is 1.84 bits per heavy atom. The number of ether oxygens (including phenoxy) is 2. The van der Waals surface area contributed by atoms with Crippen LogP contribution in [-0.4, -0.2) is 19.4 Å². The molecule has 3 rings (SSSR count). The first-order valence-electron chi connectivity index (χ1n) is 7.39. The van der Waals surface area contributed by atoms with E-state index in [4.69, 9.17) is 9.47 Å². The van der Waals surface area contributed by atoms with Crippen molar-refractivity contribution < 1.29 is 9.47 Å². The maximum Gasteiger partial charge on any atom is 0.189 e. The van der Waals surface area contributed by atoms with Crippen LogP contribution in [0.5, 0.6) is 0 Å². The summed E-state index contributed by atoms with van der Waals surface area (Å²) < 4.78 is 11.8. The first-order chi connectivity index (χ1) is 9.33. The van der Waals surface area contributed by atoms with Gasteiger partial charge in [0.05, 0.1) is 0 Å². The first-order valence-corrected chi connectivity index (χ1v) is 7.39. The molecule has 1 unspecified atom stereocenters. The second-order valence-corrected chi connectivity index (χ2v) is 5.79. The Hall–Kier alpha value is -0.900. The Labute approximate surface area is 115 Å². The van der Waals surface area contributed by atoms with E-state index in [2.05, 4.69) is 24.4 Å². The number of hydrogen-bond donors (Lipinski definition) is 1. The molecule has 2 heterocycles. The predicted molar refractivity (Wildman–Crippen MR) is 74.5 cm³/mol. The number of piperidine rings is 1. The molecule has 2 aliphatic rings. The van der Waals surface area contributed by atoms with Crippen LogP contribution < -0.4 is 5.32 Å². The lowest BCUT2D eigenvalue weighted by atomic mass is 9.88. The summed E-state index contributed by atoms with van der Waals surface area (Å²) in [5.74, 6) is 1.32. The SMILES string of the molecule is CC(CC1CCNCC1)C1OC(c2ccccc2)O1. The number of nitrogens with one attached hydrogen (secondary N) is 1. The van der Waals surface area contributed by atoms with Crippen LogP contribution in [0.4, 0.5) is 0 Å². The van der Waals surface area contributed by atoms with Crippen LogP contribution in [0, 0.1) is 11.8 Å². The van der Waals surface area contributed by atoms with E-state index < -0.39 is 0 Å². The highest BCUT2D eigenvalue weighted by Gasteiger charge is 2.36. The van der Waals surface area contributed by atoms with Gasteiger partial charge in [0.2, 0.25) is 0 Å². The fourth-order valence-electron chi connectivity index (χ4n) is 3.04. The smallest absolute Gasteiger partial charge is 0.189 e. The zero-order chi connectivity index (χ0) is 13.1. The standard InChI is InChI=1S/C16H23NO2/c1-12(11-13-7-9-17-10-8-13)15-18-16(19-15)14-5-3-2-4-6-14/h2-6,12-13,15-17H,7-11H2,1H3. The molecule has 2 fully saturated rings. The molecule has 0 aromatic heterocycles. The molecule has 0 spiro atoms. The van der Waals surface area contributed by atoms with E-state index in [9.17, 15) is 0 Å². The van der Waals surface area contributed by atoms with Crippen molar-refractivity contribution >= 4 is 0 Å². The fourth-order valence-corrected chi connectivity index (χ4v) is 3.04. The lowest BCUT2D eigenvalue weighted by Gasteiger charge is -2.41. The average Bonchev–Trinajstić information content (AvgIpc) is 2.39. The summed E-state index contributed by atoms with van der Waals surface area (Å²) in [4.78, 5) is 0. The van der Waals surface area contributed by atoms with Crippen LogP contribution in [0.25, 0.3) is 0 Å². The molecule has 1 aromatic rings. The predicted octanol–water partition coefficient (Wildman–Crippen LogP) is 3.08. The van der Waals surface area contributed by atoms with Crippen molar-refractivity contribution in [3.8, 4) is 0 Å². The van der Waals surface area contributed by atoms with Crippen LogP contribution >= 0.6 is 0 Å². The van der Waals surface area contributed by atoms with E-state index in [1.807, 2.05) is 18.2 Å². The first kappa shape index (κ1) is 13.1. The second-order valence-electron chi connectivity index (χ2n) is 5.79. The van der Waals surface area contributed by atoms with Gasteiger partial charge in [-0.05, 0) is 38.3 Å². The van der Waals surface area contributed by atoms with Crippen molar-refractivity contribution in [3.63, 3.8) is 0 Å². The van der Waals surface area contributed by atoms with Gasteiger partial charge in [0.25, 0.3) is 0 Å². The van der Waals surface area contributed by atoms with Crippen LogP contribution in [0.15, 0.2) is 30.3 Å². The van der Waals surface area contributed by atoms with Gasteiger partial charge >= 0.3 is 0 Å². The van der Waals surface area contributed by atoms with Gasteiger partial charge in [0, 0.05) is 11.5 Å². The third-order valence-corrected chi connectivity index (χ3v) is 4.22. The molecular weight excluding hydrogens is 238 g/mol. The normalized spacial score (nSPS) is 29.7. The summed E-state index contributed by atoms with van der Waals surface area (Å²) in [5, 5.41) is 3.41. The highest BCUT2D eigenvalue weighted by Crippen LogP contribution is 2.37. The Kier molecular flexibility index (Phi) is 4.16. The molecule has 104 valence electrons. The Balaban J connectivity index is 1.45. The molecule has 2 aliphatic heterocycles. The van der Waals surface area contributed by atoms with Crippen molar-refractivity contribution in [2.75, 3.05) is 13.1 Å². The highest BCUT2D eigenvalue weighted by atomic mass is 16.9. The topological polar surface area (TPSA) is 30.5 Å². The molecule has 1 N–H and O–H groups in total. The summed E-state index contributed by atoms with van der Waals surface area (Å²) in [6.45, 7) is 4.57. The van der Waals surface area contributed by atoms with E-state index in [1.54, 1.807) is 0 Å². The lowest BCUT2D eigenvalue weighted by molar-refractivity contribution is -0.405. The lowest BCUT2D eigenvalue weighted by Crippen LogP contribution is -2.40. The van der Waals surface area contributed by atoms with Crippen molar-refractivity contribution in [2.24, 2.45) is 11.8 Å². The van der Waals surface area contributed by atoms with Gasteiger partial charge in [-0.2, -0.15) is 0 Å². The van der Waals surface area contributed by atoms with Crippen molar-refractivity contribution in [3.05, 3.63) is 35.9 Å². The van der Waals surface area contributed by atoms with Gasteiger partial charge in [-0.3, -0.25) is 0 Å². The Bertz CT molecular complexity index is 383. The quantitative estimate of drug-likeness (QED) is 0.903. The molecule has 1 atom stereocenters. The molecule has 0 amide bonds. The minimum absolute atomic E-state index is 0.0138. The minimum atomic E-state index is -0.151. The number of hydrogen-bond acceptors (Lipinski definition) is 3. The van der Waals surface area contributed by atoms with Crippen LogP contribution in [0.1, 0.15) is 38.0 Å². The number of benzene rings is 1. The van der Waals surface area contributed by atoms with E-state index in [-0.39, 0.29) is 12.6 Å². The van der Waals surface area contributed by atoms with Crippen LogP contribution in [-0.2, 0) is 9.47 Å². The molecule has 1 aromatic carbocycles. The van der Waals surface area contributed by atoms with E-state index in [0.29, 0.717) is 5.92 Å². The molecule has 0 saturated carbocycles. The molecule has 3 nitrogen and oxygen atoms in total. The van der Waals surface area contributed by atoms with Gasteiger partial charge in [-0.25, -0.2) is 0 Å². The van der Waals surface area contributed by atoms with Crippen LogP contribution in [0.2, 0.25) is 0 Å². The zero-order valence-electron chi connectivity index (χ0n) is 11.5. The van der Waals surface area contributed by atoms with Crippen LogP contribution in [0.3, 0.4) is 0 Å².